The van der Waals surface area contributed by atoms with Gasteiger partial charge in [0.15, 0.2) is 6.61 Å². The topological polar surface area (TPSA) is 89.0 Å². The fraction of sp³-hybridized carbons (Fsp3) is 0.160. The van der Waals surface area contributed by atoms with Gasteiger partial charge < -0.3 is 14.8 Å². The molecular weight excluding hydrogens is 406 g/mol. The first-order valence-corrected chi connectivity index (χ1v) is 10.1. The van der Waals surface area contributed by atoms with E-state index in [1.807, 2.05) is 37.3 Å². The van der Waals surface area contributed by atoms with Crippen LogP contribution in [0.15, 0.2) is 84.0 Å². The van der Waals surface area contributed by atoms with Gasteiger partial charge in [0.05, 0.1) is 19.4 Å². The van der Waals surface area contributed by atoms with Crippen LogP contribution in [0.4, 0.5) is 0 Å². The Bertz CT molecular complexity index is 1070. The molecule has 0 spiro atoms. The van der Waals surface area contributed by atoms with Crippen molar-refractivity contribution in [2.45, 2.75) is 13.0 Å². The number of nitrogens with one attached hydrogen (secondary N) is 2. The van der Waals surface area contributed by atoms with Crippen LogP contribution in [0, 0.1) is 0 Å². The third kappa shape index (κ3) is 6.70. The Balaban J connectivity index is 1.45. The molecule has 0 unspecified atom stereocenters. The Hall–Kier alpha value is -4.13. The number of hydrogen-bond donors (Lipinski definition) is 2. The lowest BCUT2D eigenvalue weighted by Gasteiger charge is -2.14. The highest BCUT2D eigenvalue weighted by molar-refractivity contribution is 5.95. The second-order valence-corrected chi connectivity index (χ2v) is 6.99. The number of amides is 2. The van der Waals surface area contributed by atoms with Gasteiger partial charge in [0, 0.05) is 5.56 Å². The number of methoxy groups -OCH3 is 1. The van der Waals surface area contributed by atoms with Crippen LogP contribution in [0.1, 0.15) is 34.5 Å². The third-order valence-corrected chi connectivity index (χ3v) is 4.64. The summed E-state index contributed by atoms with van der Waals surface area (Å²) in [6, 6.07) is 23.5. The summed E-state index contributed by atoms with van der Waals surface area (Å²) in [5.41, 5.74) is 4.72. The van der Waals surface area contributed by atoms with Crippen molar-refractivity contribution in [3.8, 4) is 11.5 Å². The molecule has 2 amide bonds. The summed E-state index contributed by atoms with van der Waals surface area (Å²) < 4.78 is 10.7. The molecule has 0 fully saturated rings. The average molecular weight is 431 g/mol. The van der Waals surface area contributed by atoms with Gasteiger partial charge in [0.1, 0.15) is 11.5 Å². The quantitative estimate of drug-likeness (QED) is 0.399. The Morgan fingerprint density at radius 2 is 1.72 bits per heavy atom. The molecule has 0 aliphatic heterocycles. The molecule has 2 N–H and O–H groups in total. The fourth-order valence-corrected chi connectivity index (χ4v) is 2.90. The van der Waals surface area contributed by atoms with Crippen LogP contribution in [0.2, 0.25) is 0 Å². The minimum atomic E-state index is -0.337. The summed E-state index contributed by atoms with van der Waals surface area (Å²) in [6.07, 6.45) is 1.52. The number of ether oxygens (including phenoxy) is 2. The molecule has 3 rings (SSSR count). The summed E-state index contributed by atoms with van der Waals surface area (Å²) in [6.45, 7) is 1.84. The van der Waals surface area contributed by atoms with Gasteiger partial charge >= 0.3 is 0 Å². The van der Waals surface area contributed by atoms with Crippen LogP contribution in [0.5, 0.6) is 11.5 Å². The molecular formula is C25H25N3O4. The number of carbonyl (C=O) groups is 2. The predicted octanol–water partition coefficient (Wildman–Crippen LogP) is 3.72. The molecule has 0 bridgehead atoms. The lowest BCUT2D eigenvalue weighted by molar-refractivity contribution is -0.123. The second-order valence-electron chi connectivity index (χ2n) is 6.99. The van der Waals surface area contributed by atoms with Crippen molar-refractivity contribution in [2.75, 3.05) is 13.7 Å². The molecule has 7 nitrogen and oxygen atoms in total. The van der Waals surface area contributed by atoms with Crippen LogP contribution in [0.3, 0.4) is 0 Å². The van der Waals surface area contributed by atoms with E-state index in [4.69, 9.17) is 9.47 Å². The number of hydrogen-bond acceptors (Lipinski definition) is 5. The summed E-state index contributed by atoms with van der Waals surface area (Å²) in [5, 5.41) is 6.87. The number of benzene rings is 3. The summed E-state index contributed by atoms with van der Waals surface area (Å²) in [5.74, 6) is 0.619. The maximum absolute atomic E-state index is 12.1. The maximum Gasteiger partial charge on any atom is 0.271 e. The molecule has 0 saturated carbocycles. The zero-order chi connectivity index (χ0) is 22.8. The van der Waals surface area contributed by atoms with Crippen LogP contribution in [-0.4, -0.2) is 31.7 Å². The largest absolute Gasteiger partial charge is 0.497 e. The van der Waals surface area contributed by atoms with Gasteiger partial charge in [-0.1, -0.05) is 36.4 Å². The van der Waals surface area contributed by atoms with Gasteiger partial charge in [-0.05, 0) is 60.5 Å². The molecule has 32 heavy (non-hydrogen) atoms. The van der Waals surface area contributed by atoms with Crippen molar-refractivity contribution in [1.82, 2.24) is 10.7 Å². The van der Waals surface area contributed by atoms with Crippen molar-refractivity contribution < 1.29 is 19.1 Å². The SMILES string of the molecule is COc1cccc(C(=O)N/N=C\c2ccc(OCC(=O)N[C@@H](C)c3ccccc3)cc2)c1. The van der Waals surface area contributed by atoms with E-state index in [1.165, 1.54) is 6.21 Å². The summed E-state index contributed by atoms with van der Waals surface area (Å²) in [4.78, 5) is 24.3. The Kier molecular flexibility index (Phi) is 7.97. The van der Waals surface area contributed by atoms with Gasteiger partial charge in [-0.25, -0.2) is 5.43 Å². The van der Waals surface area contributed by atoms with E-state index in [0.717, 1.165) is 11.1 Å². The molecule has 0 radical (unpaired) electrons. The standard InChI is InChI=1S/C25H25N3O4/c1-18(20-7-4-3-5-8-20)27-24(29)17-32-22-13-11-19(12-14-22)16-26-28-25(30)21-9-6-10-23(15-21)31-2/h3-16,18H,17H2,1-2H3,(H,27,29)(H,28,30)/b26-16-/t18-/m0/s1. The molecule has 164 valence electrons. The normalized spacial score (nSPS) is 11.6. The van der Waals surface area contributed by atoms with Crippen molar-refractivity contribution >= 4 is 18.0 Å². The number of rotatable bonds is 9. The van der Waals surface area contributed by atoms with Crippen molar-refractivity contribution in [3.05, 3.63) is 95.6 Å². The lowest BCUT2D eigenvalue weighted by atomic mass is 10.1. The van der Waals surface area contributed by atoms with Crippen LogP contribution < -0.4 is 20.2 Å². The fourth-order valence-electron chi connectivity index (χ4n) is 2.90. The lowest BCUT2D eigenvalue weighted by Crippen LogP contribution is -2.31. The van der Waals surface area contributed by atoms with Gasteiger partial charge in [-0.2, -0.15) is 5.10 Å². The minimum absolute atomic E-state index is 0.0821. The summed E-state index contributed by atoms with van der Waals surface area (Å²) in [7, 11) is 1.54. The van der Waals surface area contributed by atoms with Crippen LogP contribution in [-0.2, 0) is 4.79 Å². The van der Waals surface area contributed by atoms with E-state index in [9.17, 15) is 9.59 Å². The Morgan fingerprint density at radius 1 is 0.969 bits per heavy atom. The van der Waals surface area contributed by atoms with Crippen molar-refractivity contribution in [1.29, 1.82) is 0 Å². The highest BCUT2D eigenvalue weighted by atomic mass is 16.5. The molecule has 3 aromatic rings. The van der Waals surface area contributed by atoms with Gasteiger partial charge in [0.25, 0.3) is 11.8 Å². The van der Waals surface area contributed by atoms with E-state index in [2.05, 4.69) is 15.8 Å². The molecule has 3 aromatic carbocycles. The third-order valence-electron chi connectivity index (χ3n) is 4.64. The molecule has 0 aromatic heterocycles. The first-order valence-electron chi connectivity index (χ1n) is 10.1. The van der Waals surface area contributed by atoms with Gasteiger partial charge in [-0.3, -0.25) is 9.59 Å². The Morgan fingerprint density at radius 3 is 2.44 bits per heavy atom. The van der Waals surface area contributed by atoms with Crippen molar-refractivity contribution in [3.63, 3.8) is 0 Å². The van der Waals surface area contributed by atoms with E-state index in [-0.39, 0.29) is 24.5 Å². The smallest absolute Gasteiger partial charge is 0.271 e. The number of carbonyl (C=O) groups excluding carboxylic acids is 2. The molecule has 7 heteroatoms. The van der Waals surface area contributed by atoms with Crippen molar-refractivity contribution in [2.24, 2.45) is 5.10 Å². The summed E-state index contributed by atoms with van der Waals surface area (Å²) >= 11 is 0. The average Bonchev–Trinajstić information content (AvgIpc) is 2.84. The first-order chi connectivity index (χ1) is 15.5. The zero-order valence-electron chi connectivity index (χ0n) is 17.9. The predicted molar refractivity (Wildman–Crippen MR) is 123 cm³/mol. The monoisotopic (exact) mass is 431 g/mol. The Labute approximate surface area is 187 Å². The van der Waals surface area contributed by atoms with E-state index in [1.54, 1.807) is 55.6 Å². The molecule has 1 atom stereocenters. The molecule has 0 aliphatic carbocycles. The molecule has 0 aliphatic rings. The van der Waals surface area contributed by atoms with E-state index < -0.39 is 0 Å². The molecule has 0 heterocycles. The van der Waals surface area contributed by atoms with Gasteiger partial charge in [-0.15, -0.1) is 0 Å². The van der Waals surface area contributed by atoms with Crippen LogP contribution in [0.25, 0.3) is 0 Å². The number of hydrazone groups is 1. The van der Waals surface area contributed by atoms with E-state index in [0.29, 0.717) is 17.1 Å². The first kappa shape index (κ1) is 22.6. The maximum atomic E-state index is 12.1. The highest BCUT2D eigenvalue weighted by Crippen LogP contribution is 2.14. The second kappa shape index (κ2) is 11.3. The number of nitrogens with zero attached hydrogens (tertiary/aromatic N) is 1. The van der Waals surface area contributed by atoms with Gasteiger partial charge in [0.2, 0.25) is 0 Å². The van der Waals surface area contributed by atoms with E-state index >= 15 is 0 Å². The minimum Gasteiger partial charge on any atom is -0.497 e. The van der Waals surface area contributed by atoms with Crippen LogP contribution >= 0.6 is 0 Å². The highest BCUT2D eigenvalue weighted by Gasteiger charge is 2.10. The molecule has 0 saturated heterocycles. The zero-order valence-corrected chi connectivity index (χ0v) is 17.9.